The molecular formula is C20H24N2O2. The number of likely N-dealkylation sites (tertiary alicyclic amines) is 1. The number of pyridine rings is 1. The standard InChI is InChI=1S/C20H24N2O2/c1-14(2)19(24-18-8-4-6-15(3)10-18)20(23)22-12-17(13-22)16-7-5-9-21-11-16/h4-11,14,17,19H,12-13H2,1-3H3. The second-order valence-electron chi connectivity index (χ2n) is 6.83. The van der Waals surface area contributed by atoms with Gasteiger partial charge in [0.15, 0.2) is 6.10 Å². The van der Waals surface area contributed by atoms with Gasteiger partial charge in [-0.15, -0.1) is 0 Å². The molecule has 126 valence electrons. The number of nitrogens with zero attached hydrogens (tertiary/aromatic N) is 2. The summed E-state index contributed by atoms with van der Waals surface area (Å²) < 4.78 is 6.01. The smallest absolute Gasteiger partial charge is 0.263 e. The lowest BCUT2D eigenvalue weighted by Crippen LogP contribution is -2.54. The van der Waals surface area contributed by atoms with Gasteiger partial charge in [0, 0.05) is 31.4 Å². The Bertz CT molecular complexity index is 694. The van der Waals surface area contributed by atoms with Gasteiger partial charge >= 0.3 is 0 Å². The van der Waals surface area contributed by atoms with Crippen LogP contribution in [0.3, 0.4) is 0 Å². The van der Waals surface area contributed by atoms with E-state index in [-0.39, 0.29) is 11.8 Å². The molecule has 0 spiro atoms. The first-order valence-corrected chi connectivity index (χ1v) is 8.46. The molecule has 0 bridgehead atoms. The van der Waals surface area contributed by atoms with Crippen molar-refractivity contribution in [2.75, 3.05) is 13.1 Å². The van der Waals surface area contributed by atoms with E-state index in [2.05, 4.69) is 11.1 Å². The Hall–Kier alpha value is -2.36. The number of amides is 1. The SMILES string of the molecule is Cc1cccc(OC(C(=O)N2CC(c3cccnc3)C2)C(C)C)c1. The molecule has 1 aliphatic heterocycles. The van der Waals surface area contributed by atoms with Crippen molar-refractivity contribution >= 4 is 5.91 Å². The molecule has 2 heterocycles. The first kappa shape index (κ1) is 16.5. The van der Waals surface area contributed by atoms with Crippen molar-refractivity contribution < 1.29 is 9.53 Å². The molecule has 1 fully saturated rings. The molecule has 4 nitrogen and oxygen atoms in total. The largest absolute Gasteiger partial charge is 0.480 e. The molecule has 1 amide bonds. The zero-order valence-electron chi connectivity index (χ0n) is 14.5. The predicted octanol–water partition coefficient (Wildman–Crippen LogP) is 3.42. The van der Waals surface area contributed by atoms with Gasteiger partial charge in [-0.05, 0) is 42.2 Å². The lowest BCUT2D eigenvalue weighted by Gasteiger charge is -2.41. The van der Waals surface area contributed by atoms with E-state index in [0.717, 1.165) is 24.4 Å². The summed E-state index contributed by atoms with van der Waals surface area (Å²) in [5.74, 6) is 1.34. The molecule has 1 aromatic carbocycles. The van der Waals surface area contributed by atoms with Crippen molar-refractivity contribution in [3.05, 3.63) is 59.9 Å². The average Bonchev–Trinajstić information content (AvgIpc) is 2.52. The molecule has 3 rings (SSSR count). The van der Waals surface area contributed by atoms with E-state index in [9.17, 15) is 4.79 Å². The number of aryl methyl sites for hydroxylation is 1. The van der Waals surface area contributed by atoms with Crippen LogP contribution in [0.15, 0.2) is 48.8 Å². The van der Waals surface area contributed by atoms with E-state index < -0.39 is 6.10 Å². The molecule has 0 N–H and O–H groups in total. The van der Waals surface area contributed by atoms with Crippen molar-refractivity contribution in [3.63, 3.8) is 0 Å². The van der Waals surface area contributed by atoms with Gasteiger partial charge in [-0.2, -0.15) is 0 Å². The van der Waals surface area contributed by atoms with Crippen molar-refractivity contribution in [2.24, 2.45) is 5.92 Å². The number of carbonyl (C=O) groups is 1. The highest BCUT2D eigenvalue weighted by atomic mass is 16.5. The normalized spacial score (nSPS) is 15.9. The van der Waals surface area contributed by atoms with Gasteiger partial charge in [0.25, 0.3) is 5.91 Å². The third-order valence-electron chi connectivity index (χ3n) is 4.45. The predicted molar refractivity (Wildman–Crippen MR) is 94.0 cm³/mol. The second-order valence-corrected chi connectivity index (χ2v) is 6.83. The van der Waals surface area contributed by atoms with Crippen molar-refractivity contribution in [1.82, 2.24) is 9.88 Å². The minimum Gasteiger partial charge on any atom is -0.480 e. The quantitative estimate of drug-likeness (QED) is 0.846. The Labute approximate surface area is 143 Å². The van der Waals surface area contributed by atoms with Crippen molar-refractivity contribution in [2.45, 2.75) is 32.8 Å². The second kappa shape index (κ2) is 7.04. The van der Waals surface area contributed by atoms with E-state index in [4.69, 9.17) is 4.74 Å². The van der Waals surface area contributed by atoms with Crippen LogP contribution in [0, 0.1) is 12.8 Å². The minimum absolute atomic E-state index is 0.0756. The fourth-order valence-corrected chi connectivity index (χ4v) is 2.97. The van der Waals surface area contributed by atoms with Gasteiger partial charge in [0.05, 0.1) is 0 Å². The van der Waals surface area contributed by atoms with Gasteiger partial charge in [0.1, 0.15) is 5.75 Å². The van der Waals surface area contributed by atoms with Crippen molar-refractivity contribution in [1.29, 1.82) is 0 Å². The van der Waals surface area contributed by atoms with E-state index >= 15 is 0 Å². The molecule has 24 heavy (non-hydrogen) atoms. The number of carbonyl (C=O) groups excluding carboxylic acids is 1. The summed E-state index contributed by atoms with van der Waals surface area (Å²) in [7, 11) is 0. The fraction of sp³-hybridized carbons (Fsp3) is 0.400. The van der Waals surface area contributed by atoms with Gasteiger partial charge in [-0.3, -0.25) is 9.78 Å². The summed E-state index contributed by atoms with van der Waals surface area (Å²) >= 11 is 0. The van der Waals surface area contributed by atoms with Crippen LogP contribution in [0.4, 0.5) is 0 Å². The monoisotopic (exact) mass is 324 g/mol. The summed E-state index contributed by atoms with van der Waals surface area (Å²) in [6.45, 7) is 7.55. The van der Waals surface area contributed by atoms with Gasteiger partial charge in [0.2, 0.25) is 0 Å². The Morgan fingerprint density at radius 2 is 2.04 bits per heavy atom. The molecule has 1 atom stereocenters. The summed E-state index contributed by atoms with van der Waals surface area (Å²) in [4.78, 5) is 18.9. The Morgan fingerprint density at radius 1 is 1.25 bits per heavy atom. The van der Waals surface area contributed by atoms with Gasteiger partial charge < -0.3 is 9.64 Å². The first-order valence-electron chi connectivity index (χ1n) is 8.46. The molecule has 0 aliphatic carbocycles. The molecule has 1 aromatic heterocycles. The number of ether oxygens (including phenoxy) is 1. The van der Waals surface area contributed by atoms with Gasteiger partial charge in [-0.1, -0.05) is 32.0 Å². The van der Waals surface area contributed by atoms with E-state index in [0.29, 0.717) is 5.92 Å². The maximum absolute atomic E-state index is 12.8. The van der Waals surface area contributed by atoms with Crippen LogP contribution in [0.5, 0.6) is 5.75 Å². The molecule has 1 aliphatic rings. The van der Waals surface area contributed by atoms with Crippen molar-refractivity contribution in [3.8, 4) is 5.75 Å². The third kappa shape index (κ3) is 3.58. The molecule has 0 radical (unpaired) electrons. The Balaban J connectivity index is 1.64. The Morgan fingerprint density at radius 3 is 2.67 bits per heavy atom. The van der Waals surface area contributed by atoms with Crippen LogP contribution >= 0.6 is 0 Å². The topological polar surface area (TPSA) is 42.4 Å². The molecule has 4 heteroatoms. The van der Waals surface area contributed by atoms with Crippen LogP contribution in [0.2, 0.25) is 0 Å². The Kier molecular flexibility index (Phi) is 4.84. The summed E-state index contributed by atoms with van der Waals surface area (Å²) in [6, 6.07) is 11.9. The number of rotatable bonds is 5. The summed E-state index contributed by atoms with van der Waals surface area (Å²) in [5, 5.41) is 0. The highest BCUT2D eigenvalue weighted by Gasteiger charge is 2.37. The zero-order valence-corrected chi connectivity index (χ0v) is 14.5. The van der Waals surface area contributed by atoms with Crippen LogP contribution in [-0.4, -0.2) is 35.0 Å². The summed E-state index contributed by atoms with van der Waals surface area (Å²) in [6.07, 6.45) is 3.22. The van der Waals surface area contributed by atoms with Crippen LogP contribution in [0.25, 0.3) is 0 Å². The number of hydrogen-bond acceptors (Lipinski definition) is 3. The molecule has 0 saturated carbocycles. The fourth-order valence-electron chi connectivity index (χ4n) is 2.97. The number of aromatic nitrogens is 1. The highest BCUT2D eigenvalue weighted by molar-refractivity contribution is 5.82. The van der Waals surface area contributed by atoms with Crippen LogP contribution in [0.1, 0.15) is 30.9 Å². The lowest BCUT2D eigenvalue weighted by atomic mass is 9.91. The van der Waals surface area contributed by atoms with Gasteiger partial charge in [-0.25, -0.2) is 0 Å². The molecule has 1 saturated heterocycles. The molecule has 1 unspecified atom stereocenters. The van der Waals surface area contributed by atoms with Crippen LogP contribution in [-0.2, 0) is 4.79 Å². The lowest BCUT2D eigenvalue weighted by molar-refractivity contribution is -0.145. The highest BCUT2D eigenvalue weighted by Crippen LogP contribution is 2.28. The van der Waals surface area contributed by atoms with Crippen LogP contribution < -0.4 is 4.74 Å². The van der Waals surface area contributed by atoms with E-state index in [1.165, 1.54) is 5.56 Å². The molecular weight excluding hydrogens is 300 g/mol. The maximum atomic E-state index is 12.8. The van der Waals surface area contributed by atoms with E-state index in [1.54, 1.807) is 6.20 Å². The number of benzene rings is 1. The van der Waals surface area contributed by atoms with E-state index in [1.807, 2.05) is 62.2 Å². The maximum Gasteiger partial charge on any atom is 0.263 e. The minimum atomic E-state index is -0.443. The average molecular weight is 324 g/mol. The first-order chi connectivity index (χ1) is 11.5. The summed E-state index contributed by atoms with van der Waals surface area (Å²) in [5.41, 5.74) is 2.32. The molecule has 2 aromatic rings. The number of hydrogen-bond donors (Lipinski definition) is 0. The zero-order chi connectivity index (χ0) is 17.1. The third-order valence-corrected chi connectivity index (χ3v) is 4.45.